The summed E-state index contributed by atoms with van der Waals surface area (Å²) in [6.45, 7) is 1.84. The van der Waals surface area contributed by atoms with E-state index in [2.05, 4.69) is 15.5 Å². The molecule has 2 unspecified atom stereocenters. The lowest BCUT2D eigenvalue weighted by molar-refractivity contribution is -0.157. The molecular weight excluding hydrogens is 692 g/mol. The molecule has 2 aliphatic rings. The lowest BCUT2D eigenvalue weighted by Crippen LogP contribution is -2.71. The number of aryl methyl sites for hydroxylation is 1. The molecule has 47 heavy (non-hydrogen) atoms. The van der Waals surface area contributed by atoms with Gasteiger partial charge in [0.2, 0.25) is 6.10 Å². The molecule has 1 saturated heterocycles. The maximum Gasteiger partial charge on any atom is 0.352 e. The predicted molar refractivity (Wildman–Crippen MR) is 173 cm³/mol. The predicted octanol–water partition coefficient (Wildman–Crippen LogP) is 3.57. The number of carbonyl (C=O) groups excluding carboxylic acids is 4. The number of hydrogen-bond donors (Lipinski definition) is 2. The fourth-order valence-electron chi connectivity index (χ4n) is 4.69. The summed E-state index contributed by atoms with van der Waals surface area (Å²) in [5.74, 6) is -3.42. The highest BCUT2D eigenvalue weighted by Gasteiger charge is 2.54. The number of halogens is 1. The standard InChI is InChI=1S/C30H27ClN4O9S3/c1-15-33-34-30(47-15)46-14-19-13-45-27-22(26(38)35(27)23(19)28(39)40)32-25(37)24(44-21(36)11-31)17-5-7-18(8-6-17)29(41)43-12-16-3-9-20(42-2)10-4-16/h3-10,22,24,27H,11-14H2,1-2H3,(H,32,37)(H,39,40)/t22?,24?,27-/m0/s1. The van der Waals surface area contributed by atoms with E-state index in [9.17, 15) is 29.1 Å². The van der Waals surface area contributed by atoms with Crippen molar-refractivity contribution in [2.75, 3.05) is 24.5 Å². The lowest BCUT2D eigenvalue weighted by Gasteiger charge is -2.49. The van der Waals surface area contributed by atoms with Gasteiger partial charge in [-0.25, -0.2) is 9.59 Å². The Morgan fingerprint density at radius 1 is 1.13 bits per heavy atom. The number of fused-ring (bicyclic) bond motifs is 1. The highest BCUT2D eigenvalue weighted by atomic mass is 35.5. The van der Waals surface area contributed by atoms with Gasteiger partial charge in [0.15, 0.2) is 4.34 Å². The molecule has 0 bridgehead atoms. The quantitative estimate of drug-likeness (QED) is 0.114. The summed E-state index contributed by atoms with van der Waals surface area (Å²) in [7, 11) is 1.55. The number of rotatable bonds is 13. The molecule has 2 aromatic carbocycles. The topological polar surface area (TPSA) is 174 Å². The van der Waals surface area contributed by atoms with E-state index >= 15 is 0 Å². The van der Waals surface area contributed by atoms with E-state index in [0.29, 0.717) is 27.2 Å². The average molecular weight is 719 g/mol. The van der Waals surface area contributed by atoms with Crippen LogP contribution in [0.25, 0.3) is 0 Å². The number of alkyl halides is 1. The van der Waals surface area contributed by atoms with Crippen LogP contribution in [-0.4, -0.2) is 85.8 Å². The Labute approximate surface area is 286 Å². The van der Waals surface area contributed by atoms with Crippen molar-refractivity contribution in [1.82, 2.24) is 20.4 Å². The van der Waals surface area contributed by atoms with Gasteiger partial charge in [0.05, 0.1) is 12.7 Å². The number of aliphatic carboxylic acids is 1. The fourth-order valence-corrected chi connectivity index (χ4v) is 8.06. The van der Waals surface area contributed by atoms with Crippen LogP contribution < -0.4 is 10.1 Å². The third-order valence-electron chi connectivity index (χ3n) is 7.00. The first-order valence-electron chi connectivity index (χ1n) is 13.9. The Morgan fingerprint density at radius 3 is 2.47 bits per heavy atom. The third kappa shape index (κ3) is 7.89. The van der Waals surface area contributed by atoms with Crippen molar-refractivity contribution < 1.29 is 43.3 Å². The molecule has 13 nitrogen and oxygen atoms in total. The number of aromatic nitrogens is 2. The molecule has 0 spiro atoms. The fraction of sp³-hybridized carbons (Fsp3) is 0.300. The number of thioether (sulfide) groups is 2. The largest absolute Gasteiger partial charge is 0.497 e. The van der Waals surface area contributed by atoms with Crippen LogP contribution in [0.15, 0.2) is 64.1 Å². The van der Waals surface area contributed by atoms with Gasteiger partial charge in [0.1, 0.15) is 40.4 Å². The highest BCUT2D eigenvalue weighted by Crippen LogP contribution is 2.42. The van der Waals surface area contributed by atoms with Crippen molar-refractivity contribution in [3.63, 3.8) is 0 Å². The Kier molecular flexibility index (Phi) is 11.1. The molecule has 17 heteroatoms. The van der Waals surface area contributed by atoms with Gasteiger partial charge >= 0.3 is 17.9 Å². The van der Waals surface area contributed by atoms with Crippen molar-refractivity contribution >= 4 is 76.2 Å². The summed E-state index contributed by atoms with van der Waals surface area (Å²) in [5.41, 5.74) is 1.58. The number of ether oxygens (including phenoxy) is 3. The molecule has 2 aliphatic heterocycles. The van der Waals surface area contributed by atoms with Crippen molar-refractivity contribution in [2.45, 2.75) is 35.4 Å². The summed E-state index contributed by atoms with van der Waals surface area (Å²) < 4.78 is 16.5. The van der Waals surface area contributed by atoms with Crippen LogP contribution in [0.4, 0.5) is 0 Å². The Morgan fingerprint density at radius 2 is 1.85 bits per heavy atom. The zero-order valence-electron chi connectivity index (χ0n) is 24.8. The molecule has 0 aliphatic carbocycles. The number of nitrogens with zero attached hydrogens (tertiary/aromatic N) is 3. The van der Waals surface area contributed by atoms with E-state index in [1.807, 2.05) is 6.92 Å². The van der Waals surface area contributed by atoms with Crippen LogP contribution in [-0.2, 0) is 35.3 Å². The van der Waals surface area contributed by atoms with Gasteiger partial charge in [-0.05, 0) is 42.3 Å². The summed E-state index contributed by atoms with van der Waals surface area (Å²) >= 11 is 9.66. The molecule has 0 saturated carbocycles. The number of amides is 2. The van der Waals surface area contributed by atoms with E-state index < -0.39 is 53.1 Å². The molecule has 5 rings (SSSR count). The smallest absolute Gasteiger partial charge is 0.352 e. The van der Waals surface area contributed by atoms with E-state index in [1.54, 1.807) is 31.4 Å². The van der Waals surface area contributed by atoms with Gasteiger partial charge in [-0.15, -0.1) is 33.6 Å². The summed E-state index contributed by atoms with van der Waals surface area (Å²) in [6, 6.07) is 11.6. The molecule has 1 aromatic heterocycles. The third-order valence-corrected chi connectivity index (χ3v) is 10.6. The van der Waals surface area contributed by atoms with E-state index in [-0.39, 0.29) is 23.4 Å². The monoisotopic (exact) mass is 718 g/mol. The van der Waals surface area contributed by atoms with E-state index in [4.69, 9.17) is 25.8 Å². The summed E-state index contributed by atoms with van der Waals surface area (Å²) in [5, 5.41) is 20.7. The molecule has 1 fully saturated rings. The van der Waals surface area contributed by atoms with Crippen LogP contribution in [0.3, 0.4) is 0 Å². The molecule has 0 radical (unpaired) electrons. The van der Waals surface area contributed by atoms with Gasteiger partial charge in [-0.1, -0.05) is 47.4 Å². The Hall–Kier alpha value is -4.12. The first-order valence-corrected chi connectivity index (χ1v) is 17.3. The summed E-state index contributed by atoms with van der Waals surface area (Å²) in [6.07, 6.45) is -1.50. The number of β-lactam (4-membered cyclic amide) rings is 1. The molecule has 3 aromatic rings. The number of methoxy groups -OCH3 is 1. The van der Waals surface area contributed by atoms with Gasteiger partial charge in [-0.3, -0.25) is 19.3 Å². The van der Waals surface area contributed by atoms with Crippen LogP contribution in [0.5, 0.6) is 5.75 Å². The van der Waals surface area contributed by atoms with Gasteiger partial charge in [-0.2, -0.15) is 0 Å². The number of nitrogens with one attached hydrogen (secondary N) is 1. The van der Waals surface area contributed by atoms with Crippen molar-refractivity contribution in [3.8, 4) is 5.75 Å². The summed E-state index contributed by atoms with van der Waals surface area (Å²) in [4.78, 5) is 64.8. The van der Waals surface area contributed by atoms with Gasteiger partial charge < -0.3 is 24.6 Å². The zero-order chi connectivity index (χ0) is 33.7. The second-order valence-electron chi connectivity index (χ2n) is 10.1. The van der Waals surface area contributed by atoms with Crippen molar-refractivity contribution in [2.24, 2.45) is 0 Å². The minimum absolute atomic E-state index is 0.0245. The number of benzene rings is 2. The number of carboxylic acid groups (broad SMARTS) is 1. The molecular formula is C30H27ClN4O9S3. The van der Waals surface area contributed by atoms with Crippen molar-refractivity contribution in [3.05, 3.63) is 81.5 Å². The van der Waals surface area contributed by atoms with Gasteiger partial charge in [0, 0.05) is 17.1 Å². The number of esters is 2. The molecule has 246 valence electrons. The van der Waals surface area contributed by atoms with Gasteiger partial charge in [0.25, 0.3) is 11.8 Å². The van der Waals surface area contributed by atoms with E-state index in [1.165, 1.54) is 59.1 Å². The first kappa shape index (κ1) is 34.2. The first-order chi connectivity index (χ1) is 22.6. The number of carbonyl (C=O) groups is 5. The molecule has 2 amide bonds. The zero-order valence-corrected chi connectivity index (χ0v) is 28.0. The van der Waals surface area contributed by atoms with Crippen LogP contribution in [0.1, 0.15) is 32.6 Å². The average Bonchev–Trinajstić information content (AvgIpc) is 3.51. The second-order valence-corrected chi connectivity index (χ2v) is 13.9. The maximum absolute atomic E-state index is 13.4. The van der Waals surface area contributed by atoms with Crippen LogP contribution in [0.2, 0.25) is 0 Å². The normalized spacial score (nSPS) is 17.7. The minimum atomic E-state index is -1.50. The Balaban J connectivity index is 1.25. The Bertz CT molecular complexity index is 1720. The minimum Gasteiger partial charge on any atom is -0.497 e. The lowest BCUT2D eigenvalue weighted by atomic mass is 10.0. The molecule has 3 atom stereocenters. The number of carboxylic acids is 1. The maximum atomic E-state index is 13.4. The van der Waals surface area contributed by atoms with Crippen molar-refractivity contribution in [1.29, 1.82) is 0 Å². The highest BCUT2D eigenvalue weighted by molar-refractivity contribution is 8.01. The molecule has 2 N–H and O–H groups in total. The molecule has 3 heterocycles. The second kappa shape index (κ2) is 15.2. The SMILES string of the molecule is COc1ccc(COC(=O)c2ccc(C(OC(=O)CCl)C(=O)NC3C(=O)N4C(C(=O)O)=C(CSc5nnc(C)s5)CS[C@@H]34)cc2)cc1. The van der Waals surface area contributed by atoms with Crippen LogP contribution >= 0.6 is 46.5 Å². The van der Waals surface area contributed by atoms with Crippen LogP contribution in [0, 0.1) is 6.92 Å². The number of hydrogen-bond acceptors (Lipinski definition) is 13. The van der Waals surface area contributed by atoms with E-state index in [0.717, 1.165) is 15.5 Å².